The van der Waals surface area contributed by atoms with Gasteiger partial charge in [0.05, 0.1) is 5.92 Å². The van der Waals surface area contributed by atoms with Crippen molar-refractivity contribution in [2.75, 3.05) is 18.8 Å². The SMILES string of the molecule is Br.OC1(C(c2ccc(F)cc2)c2cccc(F)c2)CSC2=NCCCCN21. The molecule has 0 saturated carbocycles. The molecule has 2 atom stereocenters. The summed E-state index contributed by atoms with van der Waals surface area (Å²) in [6, 6.07) is 12.4. The highest BCUT2D eigenvalue weighted by Crippen LogP contribution is 2.45. The molecule has 0 amide bonds. The summed E-state index contributed by atoms with van der Waals surface area (Å²) >= 11 is 1.53. The molecule has 2 aliphatic rings. The average Bonchev–Trinajstić information content (AvgIpc) is 2.81. The normalized spacial score (nSPS) is 23.1. The summed E-state index contributed by atoms with van der Waals surface area (Å²) < 4.78 is 27.4. The van der Waals surface area contributed by atoms with Crippen molar-refractivity contribution in [3.63, 3.8) is 0 Å². The molecule has 0 spiro atoms. The molecule has 2 aromatic carbocycles. The number of halogens is 3. The predicted octanol–water partition coefficient (Wildman–Crippen LogP) is 4.56. The monoisotopic (exact) mass is 454 g/mol. The number of nitrogens with zero attached hydrogens (tertiary/aromatic N) is 2. The summed E-state index contributed by atoms with van der Waals surface area (Å²) in [5, 5.41) is 12.6. The number of amidine groups is 1. The van der Waals surface area contributed by atoms with Crippen LogP contribution in [0.25, 0.3) is 0 Å². The fourth-order valence-corrected chi connectivity index (χ4v) is 5.03. The van der Waals surface area contributed by atoms with E-state index >= 15 is 0 Å². The Labute approximate surface area is 172 Å². The summed E-state index contributed by atoms with van der Waals surface area (Å²) in [4.78, 5) is 6.54. The Morgan fingerprint density at radius 1 is 1.04 bits per heavy atom. The van der Waals surface area contributed by atoms with E-state index < -0.39 is 11.6 Å². The van der Waals surface area contributed by atoms with Crippen molar-refractivity contribution >= 4 is 33.9 Å². The fraction of sp³-hybridized carbons (Fsp3) is 0.350. The van der Waals surface area contributed by atoms with Gasteiger partial charge in [0.15, 0.2) is 10.9 Å². The second kappa shape index (κ2) is 8.29. The van der Waals surface area contributed by atoms with Gasteiger partial charge in [0.2, 0.25) is 0 Å². The van der Waals surface area contributed by atoms with E-state index in [2.05, 4.69) is 4.99 Å². The van der Waals surface area contributed by atoms with E-state index in [0.29, 0.717) is 17.9 Å². The van der Waals surface area contributed by atoms with Crippen LogP contribution < -0.4 is 0 Å². The summed E-state index contributed by atoms with van der Waals surface area (Å²) in [7, 11) is 0. The molecule has 2 aromatic rings. The van der Waals surface area contributed by atoms with Crippen molar-refractivity contribution in [1.29, 1.82) is 0 Å². The Morgan fingerprint density at radius 3 is 2.56 bits per heavy atom. The van der Waals surface area contributed by atoms with Gasteiger partial charge in [-0.25, -0.2) is 8.78 Å². The smallest absolute Gasteiger partial charge is 0.161 e. The first-order chi connectivity index (χ1) is 12.6. The van der Waals surface area contributed by atoms with Crippen LogP contribution in [-0.2, 0) is 0 Å². The van der Waals surface area contributed by atoms with Crippen LogP contribution in [-0.4, -0.2) is 39.7 Å². The third kappa shape index (κ3) is 3.91. The third-order valence-electron chi connectivity index (χ3n) is 5.00. The Balaban J connectivity index is 0.00000210. The maximum atomic E-state index is 13.9. The lowest BCUT2D eigenvalue weighted by molar-refractivity contribution is -0.0552. The standard InChI is InChI=1S/C20H20F2N2OS.BrH/c21-16-8-6-14(7-9-16)18(15-4-3-5-17(22)12-15)20(25)13-26-19-23-10-1-2-11-24(19)20;/h3-9,12,18,25H,1-2,10-11,13H2;1H. The van der Waals surface area contributed by atoms with Crippen LogP contribution in [0.15, 0.2) is 53.5 Å². The van der Waals surface area contributed by atoms with E-state index in [1.807, 2.05) is 11.0 Å². The number of fused-ring (bicyclic) bond motifs is 1. The molecule has 3 nitrogen and oxygen atoms in total. The Bertz CT molecular complexity index is 833. The molecule has 2 aliphatic heterocycles. The maximum Gasteiger partial charge on any atom is 0.161 e. The van der Waals surface area contributed by atoms with E-state index in [9.17, 15) is 13.9 Å². The second-order valence-electron chi connectivity index (χ2n) is 6.73. The number of aliphatic imine (C=N–C) groups is 1. The minimum atomic E-state index is -1.24. The quantitative estimate of drug-likeness (QED) is 0.737. The van der Waals surface area contributed by atoms with Crippen LogP contribution >= 0.6 is 28.7 Å². The van der Waals surface area contributed by atoms with Gasteiger partial charge in [0, 0.05) is 18.8 Å². The lowest BCUT2D eigenvalue weighted by Gasteiger charge is -2.40. The van der Waals surface area contributed by atoms with Crippen molar-refractivity contribution in [2.24, 2.45) is 4.99 Å². The van der Waals surface area contributed by atoms with Gasteiger partial charge in [-0.2, -0.15) is 0 Å². The minimum Gasteiger partial charge on any atom is -0.369 e. The number of rotatable bonds is 3. The zero-order valence-electron chi connectivity index (χ0n) is 14.6. The van der Waals surface area contributed by atoms with E-state index in [4.69, 9.17) is 0 Å². The molecule has 7 heteroatoms. The average molecular weight is 455 g/mol. The Kier molecular flexibility index (Phi) is 6.23. The number of thioether (sulfide) groups is 1. The number of hydrogen-bond acceptors (Lipinski definition) is 4. The van der Waals surface area contributed by atoms with Crippen LogP contribution in [0.5, 0.6) is 0 Å². The van der Waals surface area contributed by atoms with Crippen molar-refractivity contribution in [1.82, 2.24) is 4.90 Å². The molecule has 0 aliphatic carbocycles. The van der Waals surface area contributed by atoms with Crippen LogP contribution in [0.2, 0.25) is 0 Å². The molecule has 2 heterocycles. The summed E-state index contributed by atoms with van der Waals surface area (Å²) in [5.41, 5.74) is 0.190. The van der Waals surface area contributed by atoms with Crippen LogP contribution in [0.3, 0.4) is 0 Å². The zero-order valence-corrected chi connectivity index (χ0v) is 17.2. The van der Waals surface area contributed by atoms with E-state index in [1.54, 1.807) is 18.2 Å². The van der Waals surface area contributed by atoms with E-state index in [1.165, 1.54) is 36.0 Å². The molecular formula is C20H21BrF2N2OS. The van der Waals surface area contributed by atoms with Crippen molar-refractivity contribution in [3.8, 4) is 0 Å². The number of aliphatic hydroxyl groups is 1. The van der Waals surface area contributed by atoms with Gasteiger partial charge in [-0.3, -0.25) is 4.99 Å². The molecule has 0 bridgehead atoms. The molecule has 144 valence electrons. The largest absolute Gasteiger partial charge is 0.369 e. The molecule has 27 heavy (non-hydrogen) atoms. The van der Waals surface area contributed by atoms with Gasteiger partial charge in [-0.05, 0) is 48.2 Å². The summed E-state index contributed by atoms with van der Waals surface area (Å²) in [6.07, 6.45) is 1.92. The van der Waals surface area contributed by atoms with Crippen molar-refractivity contribution < 1.29 is 13.9 Å². The first-order valence-electron chi connectivity index (χ1n) is 8.76. The summed E-state index contributed by atoms with van der Waals surface area (Å²) in [5.74, 6) is -0.757. The summed E-state index contributed by atoms with van der Waals surface area (Å²) in [6.45, 7) is 1.46. The van der Waals surface area contributed by atoms with Gasteiger partial charge < -0.3 is 10.0 Å². The predicted molar refractivity (Wildman–Crippen MR) is 111 cm³/mol. The Hall–Kier alpha value is -1.44. The number of hydrogen-bond donors (Lipinski definition) is 1. The van der Waals surface area contributed by atoms with Crippen LogP contribution in [0.1, 0.15) is 29.9 Å². The van der Waals surface area contributed by atoms with Crippen LogP contribution in [0, 0.1) is 11.6 Å². The molecule has 1 N–H and O–H groups in total. The van der Waals surface area contributed by atoms with Crippen LogP contribution in [0.4, 0.5) is 8.78 Å². The molecule has 4 rings (SSSR count). The zero-order chi connectivity index (χ0) is 18.1. The lowest BCUT2D eigenvalue weighted by Crippen LogP contribution is -2.52. The maximum absolute atomic E-state index is 13.9. The second-order valence-corrected chi connectivity index (χ2v) is 7.67. The molecule has 2 unspecified atom stereocenters. The topological polar surface area (TPSA) is 35.8 Å². The van der Waals surface area contributed by atoms with Gasteiger partial charge >= 0.3 is 0 Å². The minimum absolute atomic E-state index is 0. The molecule has 1 saturated heterocycles. The molecule has 1 fully saturated rings. The molecular weight excluding hydrogens is 434 g/mol. The van der Waals surface area contributed by atoms with Gasteiger partial charge in [0.1, 0.15) is 11.6 Å². The molecule has 0 aromatic heterocycles. The van der Waals surface area contributed by atoms with Crippen molar-refractivity contribution in [2.45, 2.75) is 24.5 Å². The van der Waals surface area contributed by atoms with Gasteiger partial charge in [-0.1, -0.05) is 36.0 Å². The first kappa shape index (κ1) is 20.3. The number of benzene rings is 2. The molecule has 0 radical (unpaired) electrons. The highest BCUT2D eigenvalue weighted by atomic mass is 79.9. The fourth-order valence-electron chi connectivity index (χ4n) is 3.78. The van der Waals surface area contributed by atoms with Gasteiger partial charge in [0.25, 0.3) is 0 Å². The Morgan fingerprint density at radius 2 is 1.81 bits per heavy atom. The lowest BCUT2D eigenvalue weighted by atomic mass is 9.82. The highest BCUT2D eigenvalue weighted by molar-refractivity contribution is 8.93. The van der Waals surface area contributed by atoms with E-state index in [0.717, 1.165) is 30.1 Å². The third-order valence-corrected chi connectivity index (χ3v) is 6.17. The highest BCUT2D eigenvalue weighted by Gasteiger charge is 2.50. The van der Waals surface area contributed by atoms with Gasteiger partial charge in [-0.15, -0.1) is 17.0 Å². The van der Waals surface area contributed by atoms with E-state index in [-0.39, 0.29) is 28.6 Å². The first-order valence-corrected chi connectivity index (χ1v) is 9.75. The van der Waals surface area contributed by atoms with Crippen molar-refractivity contribution in [3.05, 3.63) is 71.3 Å².